The van der Waals surface area contributed by atoms with Crippen molar-refractivity contribution >= 4 is 22.5 Å². The van der Waals surface area contributed by atoms with Crippen molar-refractivity contribution in [1.82, 2.24) is 9.78 Å². The minimum absolute atomic E-state index is 0.117. The van der Waals surface area contributed by atoms with Crippen molar-refractivity contribution in [1.29, 1.82) is 5.26 Å². The molecule has 1 N–H and O–H groups in total. The van der Waals surface area contributed by atoms with E-state index < -0.39 is 5.91 Å². The Morgan fingerprint density at radius 1 is 1.14 bits per heavy atom. The number of carbonyl (C=O) groups excluding carboxylic acids is 1. The van der Waals surface area contributed by atoms with Crippen molar-refractivity contribution < 1.29 is 13.9 Å². The largest absolute Gasteiger partial charge is 0.485 e. The van der Waals surface area contributed by atoms with Gasteiger partial charge in [-0.05, 0) is 23.6 Å². The number of benzene rings is 2. The van der Waals surface area contributed by atoms with Crippen molar-refractivity contribution in [2.45, 2.75) is 13.2 Å². The van der Waals surface area contributed by atoms with E-state index in [1.807, 2.05) is 48.5 Å². The van der Waals surface area contributed by atoms with Gasteiger partial charge < -0.3 is 14.5 Å². The molecule has 0 aliphatic carbocycles. The molecule has 0 atom stereocenters. The number of nitriles is 1. The monoisotopic (exact) mass is 372 g/mol. The number of hydrogen-bond donors (Lipinski definition) is 1. The Morgan fingerprint density at radius 3 is 2.89 bits per heavy atom. The molecule has 7 heteroatoms. The predicted molar refractivity (Wildman–Crippen MR) is 103 cm³/mol. The topological polar surface area (TPSA) is 93.1 Å². The van der Waals surface area contributed by atoms with Gasteiger partial charge in [-0.2, -0.15) is 10.4 Å². The van der Waals surface area contributed by atoms with E-state index in [-0.39, 0.29) is 18.9 Å². The fourth-order valence-corrected chi connectivity index (χ4v) is 2.81. The first-order valence-corrected chi connectivity index (χ1v) is 8.64. The van der Waals surface area contributed by atoms with E-state index >= 15 is 0 Å². The lowest BCUT2D eigenvalue weighted by Crippen LogP contribution is -2.11. The summed E-state index contributed by atoms with van der Waals surface area (Å²) in [5.74, 6) is 1.38. The second kappa shape index (κ2) is 7.68. The van der Waals surface area contributed by atoms with Gasteiger partial charge in [0.2, 0.25) is 0 Å². The summed E-state index contributed by atoms with van der Waals surface area (Å²) < 4.78 is 12.9. The third kappa shape index (κ3) is 3.71. The van der Waals surface area contributed by atoms with Crippen LogP contribution in [0, 0.1) is 11.3 Å². The Bertz CT molecular complexity index is 1160. The molecule has 1 amide bonds. The highest BCUT2D eigenvalue weighted by molar-refractivity contribution is 6.01. The van der Waals surface area contributed by atoms with Crippen LogP contribution in [0.3, 0.4) is 0 Å². The zero-order valence-corrected chi connectivity index (χ0v) is 14.8. The third-order valence-electron chi connectivity index (χ3n) is 4.12. The standard InChI is InChI=1S/C21H16N4O3/c22-11-13-25-12-10-20(24-25)23-21(26)19-9-8-16(28-19)14-27-18-7-3-5-15-4-1-2-6-17(15)18/h1-10,12H,13-14H2,(H,23,24,26). The molecule has 7 nitrogen and oxygen atoms in total. The van der Waals surface area contributed by atoms with Crippen LogP contribution in [0.2, 0.25) is 0 Å². The van der Waals surface area contributed by atoms with Gasteiger partial charge in [-0.15, -0.1) is 0 Å². The van der Waals surface area contributed by atoms with Crippen molar-refractivity contribution in [3.63, 3.8) is 0 Å². The van der Waals surface area contributed by atoms with E-state index in [4.69, 9.17) is 14.4 Å². The summed E-state index contributed by atoms with van der Waals surface area (Å²) in [6.45, 7) is 0.324. The Kier molecular flexibility index (Phi) is 4.76. The predicted octanol–water partition coefficient (Wildman–Crippen LogP) is 3.98. The summed E-state index contributed by atoms with van der Waals surface area (Å²) in [6, 6.07) is 20.7. The maximum Gasteiger partial charge on any atom is 0.292 e. The summed E-state index contributed by atoms with van der Waals surface area (Å²) in [6.07, 6.45) is 1.62. The maximum absolute atomic E-state index is 12.3. The van der Waals surface area contributed by atoms with Crippen molar-refractivity contribution in [2.24, 2.45) is 0 Å². The number of hydrogen-bond acceptors (Lipinski definition) is 5. The molecule has 28 heavy (non-hydrogen) atoms. The lowest BCUT2D eigenvalue weighted by molar-refractivity contribution is 0.0992. The zero-order valence-electron chi connectivity index (χ0n) is 14.8. The third-order valence-corrected chi connectivity index (χ3v) is 4.12. The van der Waals surface area contributed by atoms with Crippen LogP contribution in [-0.4, -0.2) is 15.7 Å². The molecule has 0 saturated heterocycles. The molecule has 0 aliphatic rings. The van der Waals surface area contributed by atoms with Gasteiger partial charge in [-0.25, -0.2) is 0 Å². The molecule has 0 radical (unpaired) electrons. The van der Waals surface area contributed by atoms with Crippen LogP contribution < -0.4 is 10.1 Å². The minimum Gasteiger partial charge on any atom is -0.485 e. The smallest absolute Gasteiger partial charge is 0.292 e. The van der Waals surface area contributed by atoms with Gasteiger partial charge in [-0.3, -0.25) is 9.48 Å². The van der Waals surface area contributed by atoms with E-state index in [1.54, 1.807) is 24.4 Å². The van der Waals surface area contributed by atoms with E-state index in [0.717, 1.165) is 16.5 Å². The lowest BCUT2D eigenvalue weighted by atomic mass is 10.1. The summed E-state index contributed by atoms with van der Waals surface area (Å²) >= 11 is 0. The number of ether oxygens (including phenoxy) is 1. The Balaban J connectivity index is 1.41. The molecule has 0 spiro atoms. The summed E-state index contributed by atoms with van der Waals surface area (Å²) in [5.41, 5.74) is 0. The second-order valence-corrected chi connectivity index (χ2v) is 6.04. The highest BCUT2D eigenvalue weighted by Gasteiger charge is 2.13. The minimum atomic E-state index is -0.418. The number of fused-ring (bicyclic) bond motifs is 1. The van der Waals surface area contributed by atoms with Crippen molar-refractivity contribution in [2.75, 3.05) is 5.32 Å². The average molecular weight is 372 g/mol. The molecule has 4 aromatic rings. The Morgan fingerprint density at radius 2 is 2.00 bits per heavy atom. The van der Waals surface area contributed by atoms with Gasteiger partial charge >= 0.3 is 0 Å². The van der Waals surface area contributed by atoms with Crippen LogP contribution in [-0.2, 0) is 13.2 Å². The number of aromatic nitrogens is 2. The van der Waals surface area contributed by atoms with Crippen LogP contribution in [0.15, 0.2) is 71.3 Å². The summed E-state index contributed by atoms with van der Waals surface area (Å²) in [5, 5.41) is 17.5. The number of nitrogens with zero attached hydrogens (tertiary/aromatic N) is 3. The molecule has 0 aliphatic heterocycles. The fourth-order valence-electron chi connectivity index (χ4n) is 2.81. The van der Waals surface area contributed by atoms with Gasteiger partial charge in [0.1, 0.15) is 24.7 Å². The number of nitrogens with one attached hydrogen (secondary N) is 1. The van der Waals surface area contributed by atoms with E-state index in [9.17, 15) is 4.79 Å². The Hall–Kier alpha value is -4.05. The van der Waals surface area contributed by atoms with Gasteiger partial charge in [0, 0.05) is 17.6 Å². The molecule has 0 fully saturated rings. The van der Waals surface area contributed by atoms with Gasteiger partial charge in [0.05, 0.1) is 6.07 Å². The lowest BCUT2D eigenvalue weighted by Gasteiger charge is -2.07. The maximum atomic E-state index is 12.3. The average Bonchev–Trinajstić information content (AvgIpc) is 3.36. The first kappa shape index (κ1) is 17.4. The van der Waals surface area contributed by atoms with E-state index in [2.05, 4.69) is 10.4 Å². The van der Waals surface area contributed by atoms with Crippen molar-refractivity contribution in [3.8, 4) is 11.8 Å². The molecule has 0 bridgehead atoms. The van der Waals surface area contributed by atoms with E-state index in [1.165, 1.54) is 4.68 Å². The number of carbonyl (C=O) groups is 1. The zero-order chi connectivity index (χ0) is 19.3. The van der Waals surface area contributed by atoms with Crippen LogP contribution in [0.25, 0.3) is 10.8 Å². The molecular weight excluding hydrogens is 356 g/mol. The SMILES string of the molecule is N#CCn1ccc(NC(=O)c2ccc(COc3cccc4ccccc34)o2)n1. The van der Waals surface area contributed by atoms with Crippen LogP contribution in [0.5, 0.6) is 5.75 Å². The quantitative estimate of drug-likeness (QED) is 0.552. The molecule has 138 valence electrons. The van der Waals surface area contributed by atoms with E-state index in [0.29, 0.717) is 11.6 Å². The van der Waals surface area contributed by atoms with Crippen LogP contribution in [0.4, 0.5) is 5.82 Å². The molecule has 2 aromatic heterocycles. The van der Waals surface area contributed by atoms with Crippen molar-refractivity contribution in [3.05, 3.63) is 78.4 Å². The van der Waals surface area contributed by atoms with Gasteiger partial charge in [-0.1, -0.05) is 36.4 Å². The molecule has 0 unspecified atom stereocenters. The highest BCUT2D eigenvalue weighted by atomic mass is 16.5. The second-order valence-electron chi connectivity index (χ2n) is 6.04. The summed E-state index contributed by atoms with van der Waals surface area (Å²) in [7, 11) is 0. The molecule has 4 rings (SSSR count). The van der Waals surface area contributed by atoms with Crippen LogP contribution in [0.1, 0.15) is 16.3 Å². The molecule has 2 heterocycles. The highest BCUT2D eigenvalue weighted by Crippen LogP contribution is 2.26. The number of anilines is 1. The normalized spacial score (nSPS) is 10.5. The van der Waals surface area contributed by atoms with Gasteiger partial charge in [0.15, 0.2) is 11.6 Å². The molecule has 2 aromatic carbocycles. The molecular formula is C21H16N4O3. The molecule has 0 saturated carbocycles. The summed E-state index contributed by atoms with van der Waals surface area (Å²) in [4.78, 5) is 12.3. The fraction of sp³-hybridized carbons (Fsp3) is 0.0952. The number of furan rings is 1. The first-order chi connectivity index (χ1) is 13.7. The number of amides is 1. The van der Waals surface area contributed by atoms with Crippen LogP contribution >= 0.6 is 0 Å². The van der Waals surface area contributed by atoms with Gasteiger partial charge in [0.25, 0.3) is 5.91 Å². The Labute approximate surface area is 160 Å². The first-order valence-electron chi connectivity index (χ1n) is 8.64. The number of rotatable bonds is 6.